The highest BCUT2D eigenvalue weighted by molar-refractivity contribution is 6.53. The summed E-state index contributed by atoms with van der Waals surface area (Å²) in [5, 5.41) is 0. The van der Waals surface area contributed by atoms with Crippen molar-refractivity contribution in [1.29, 1.82) is 0 Å². The molecule has 0 radical (unpaired) electrons. The molecule has 13 heavy (non-hydrogen) atoms. The van der Waals surface area contributed by atoms with Crippen LogP contribution in [0.4, 0.5) is 13.2 Å². The highest BCUT2D eigenvalue weighted by Gasteiger charge is 2.34. The lowest BCUT2D eigenvalue weighted by Gasteiger charge is -2.28. The molecule has 1 rings (SSSR count). The predicted molar refractivity (Wildman–Crippen MR) is 47.5 cm³/mol. The van der Waals surface area contributed by atoms with Gasteiger partial charge >= 0.3 is 0 Å². The van der Waals surface area contributed by atoms with Gasteiger partial charge in [-0.3, -0.25) is 0 Å². The number of hydrogen-bond acceptors (Lipinski definition) is 1. The van der Waals surface area contributed by atoms with Crippen LogP contribution < -0.4 is 0 Å². The summed E-state index contributed by atoms with van der Waals surface area (Å²) < 4.78 is 42.3. The summed E-state index contributed by atoms with van der Waals surface area (Å²) >= 11 is 0. The van der Waals surface area contributed by atoms with Crippen LogP contribution in [0.1, 0.15) is 19.8 Å². The highest BCUT2D eigenvalue weighted by atomic mass is 28.3. The molecule has 0 bridgehead atoms. The Morgan fingerprint density at radius 3 is 2.38 bits per heavy atom. The lowest BCUT2D eigenvalue weighted by atomic mass is 10.3. The second kappa shape index (κ2) is 5.00. The van der Waals surface area contributed by atoms with Gasteiger partial charge in [-0.25, -0.2) is 13.2 Å². The molecule has 0 amide bonds. The lowest BCUT2D eigenvalue weighted by molar-refractivity contribution is 0.0441. The standard InChI is InChI=1S/C8H15F3OSi/c1-6(7(9)8(10)11)13-5-3-2-4-12-13/h6-8,13H,2-5H2,1H3. The molecule has 0 aliphatic carbocycles. The van der Waals surface area contributed by atoms with Gasteiger partial charge in [0.25, 0.3) is 6.43 Å². The predicted octanol–water partition coefficient (Wildman–Crippen LogP) is 2.51. The van der Waals surface area contributed by atoms with Gasteiger partial charge in [0, 0.05) is 12.1 Å². The fraction of sp³-hybridized carbons (Fsp3) is 1.00. The van der Waals surface area contributed by atoms with Crippen LogP contribution in [0, 0.1) is 0 Å². The summed E-state index contributed by atoms with van der Waals surface area (Å²) in [6.45, 7) is 2.19. The summed E-state index contributed by atoms with van der Waals surface area (Å²) in [6.07, 6.45) is -2.85. The zero-order valence-corrected chi connectivity index (χ0v) is 8.83. The summed E-state index contributed by atoms with van der Waals surface area (Å²) in [4.78, 5) is 0. The SMILES string of the molecule is CC(C(F)C(F)F)[SiH]1CCCCO1. The van der Waals surface area contributed by atoms with Crippen molar-refractivity contribution in [3.63, 3.8) is 0 Å². The Balaban J connectivity index is 2.40. The molecule has 5 heteroatoms. The molecule has 1 nitrogen and oxygen atoms in total. The van der Waals surface area contributed by atoms with E-state index < -0.39 is 27.2 Å². The molecule has 0 saturated carbocycles. The van der Waals surface area contributed by atoms with E-state index in [0.29, 0.717) is 6.61 Å². The van der Waals surface area contributed by atoms with Crippen LogP contribution in [0.5, 0.6) is 0 Å². The smallest absolute Gasteiger partial charge is 0.269 e. The molecule has 78 valence electrons. The van der Waals surface area contributed by atoms with E-state index >= 15 is 0 Å². The monoisotopic (exact) mass is 212 g/mol. The van der Waals surface area contributed by atoms with Crippen molar-refractivity contribution >= 4 is 9.04 Å². The molecule has 0 spiro atoms. The Bertz CT molecular complexity index is 150. The molecular formula is C8H15F3OSi. The van der Waals surface area contributed by atoms with Gasteiger partial charge in [-0.1, -0.05) is 13.3 Å². The quantitative estimate of drug-likeness (QED) is 0.653. The van der Waals surface area contributed by atoms with Crippen molar-refractivity contribution in [1.82, 2.24) is 0 Å². The summed E-state index contributed by atoms with van der Waals surface area (Å²) in [7, 11) is -1.69. The first kappa shape index (κ1) is 11.0. The molecule has 1 saturated heterocycles. The third-order valence-corrected chi connectivity index (χ3v) is 5.73. The van der Waals surface area contributed by atoms with Crippen molar-refractivity contribution in [3.8, 4) is 0 Å². The summed E-state index contributed by atoms with van der Waals surface area (Å²) in [5.41, 5.74) is -0.555. The third-order valence-electron chi connectivity index (χ3n) is 2.54. The van der Waals surface area contributed by atoms with E-state index in [1.165, 1.54) is 0 Å². The fourth-order valence-corrected chi connectivity index (χ4v) is 4.35. The van der Waals surface area contributed by atoms with E-state index in [1.54, 1.807) is 6.92 Å². The average molecular weight is 212 g/mol. The number of hydrogen-bond donors (Lipinski definition) is 0. The van der Waals surface area contributed by atoms with Gasteiger partial charge in [-0.2, -0.15) is 0 Å². The summed E-state index contributed by atoms with van der Waals surface area (Å²) in [5.74, 6) is 0. The normalized spacial score (nSPS) is 28.8. The Hall–Kier alpha value is -0.0331. The van der Waals surface area contributed by atoms with Crippen molar-refractivity contribution in [2.75, 3.05) is 6.61 Å². The highest BCUT2D eigenvalue weighted by Crippen LogP contribution is 2.29. The number of rotatable bonds is 3. The largest absolute Gasteiger partial charge is 0.420 e. The lowest BCUT2D eigenvalue weighted by Crippen LogP contribution is -2.35. The minimum atomic E-state index is -2.85. The Morgan fingerprint density at radius 1 is 1.23 bits per heavy atom. The van der Waals surface area contributed by atoms with Crippen molar-refractivity contribution < 1.29 is 17.6 Å². The molecule has 0 N–H and O–H groups in total. The Labute approximate surface area is 78.0 Å². The first-order valence-electron chi connectivity index (χ1n) is 4.66. The van der Waals surface area contributed by atoms with E-state index in [0.717, 1.165) is 18.9 Å². The van der Waals surface area contributed by atoms with Crippen molar-refractivity contribution in [2.45, 2.75) is 43.9 Å². The fourth-order valence-electron chi connectivity index (χ4n) is 1.61. The topological polar surface area (TPSA) is 9.23 Å². The summed E-state index contributed by atoms with van der Waals surface area (Å²) in [6, 6.07) is 0.842. The van der Waals surface area contributed by atoms with Gasteiger partial charge in [-0.05, 0) is 12.5 Å². The van der Waals surface area contributed by atoms with Crippen LogP contribution in [-0.4, -0.2) is 28.2 Å². The Kier molecular flexibility index (Phi) is 4.25. The van der Waals surface area contributed by atoms with Crippen LogP contribution in [-0.2, 0) is 4.43 Å². The average Bonchev–Trinajstić information content (AvgIpc) is 2.17. The van der Waals surface area contributed by atoms with Gasteiger partial charge < -0.3 is 4.43 Å². The van der Waals surface area contributed by atoms with Gasteiger partial charge in [0.2, 0.25) is 0 Å². The zero-order chi connectivity index (χ0) is 9.84. The first-order chi connectivity index (χ1) is 6.13. The maximum atomic E-state index is 12.9. The van der Waals surface area contributed by atoms with Crippen LogP contribution in [0.3, 0.4) is 0 Å². The van der Waals surface area contributed by atoms with Crippen LogP contribution in [0.2, 0.25) is 11.6 Å². The van der Waals surface area contributed by atoms with Crippen LogP contribution in [0.15, 0.2) is 0 Å². The second-order valence-corrected chi connectivity index (χ2v) is 6.58. The second-order valence-electron chi connectivity index (χ2n) is 3.54. The molecule has 1 aliphatic rings. The minimum absolute atomic E-state index is 0.555. The van der Waals surface area contributed by atoms with E-state index in [2.05, 4.69) is 0 Å². The zero-order valence-electron chi connectivity index (χ0n) is 7.68. The Morgan fingerprint density at radius 2 is 1.92 bits per heavy atom. The van der Waals surface area contributed by atoms with E-state index in [9.17, 15) is 13.2 Å². The van der Waals surface area contributed by atoms with Gasteiger partial charge in [0.1, 0.15) is 0 Å². The van der Waals surface area contributed by atoms with Crippen LogP contribution >= 0.6 is 0 Å². The number of halogens is 3. The third kappa shape index (κ3) is 2.98. The van der Waals surface area contributed by atoms with Crippen LogP contribution in [0.25, 0.3) is 0 Å². The molecular weight excluding hydrogens is 197 g/mol. The maximum absolute atomic E-state index is 12.9. The van der Waals surface area contributed by atoms with E-state index in [4.69, 9.17) is 4.43 Å². The van der Waals surface area contributed by atoms with Gasteiger partial charge in [-0.15, -0.1) is 0 Å². The first-order valence-corrected chi connectivity index (χ1v) is 6.62. The molecule has 1 heterocycles. The van der Waals surface area contributed by atoms with Gasteiger partial charge in [0.05, 0.1) is 0 Å². The van der Waals surface area contributed by atoms with Crippen molar-refractivity contribution in [2.24, 2.45) is 0 Å². The van der Waals surface area contributed by atoms with Crippen molar-refractivity contribution in [3.05, 3.63) is 0 Å². The molecule has 3 unspecified atom stereocenters. The molecule has 1 fully saturated rings. The van der Waals surface area contributed by atoms with E-state index in [-0.39, 0.29) is 0 Å². The number of alkyl halides is 3. The molecule has 3 atom stereocenters. The van der Waals surface area contributed by atoms with E-state index in [1.807, 2.05) is 0 Å². The molecule has 0 aromatic heterocycles. The van der Waals surface area contributed by atoms with Gasteiger partial charge in [0.15, 0.2) is 15.2 Å². The minimum Gasteiger partial charge on any atom is -0.420 e. The molecule has 0 aromatic rings. The molecule has 0 aromatic carbocycles. The molecule has 1 aliphatic heterocycles. The maximum Gasteiger partial charge on any atom is 0.269 e.